The van der Waals surface area contributed by atoms with Gasteiger partial charge in [0.05, 0.1) is 5.02 Å². The summed E-state index contributed by atoms with van der Waals surface area (Å²) in [5, 5.41) is 3.28. The topological polar surface area (TPSA) is 47.6 Å². The lowest BCUT2D eigenvalue weighted by atomic mass is 10.1. The highest BCUT2D eigenvalue weighted by atomic mass is 79.9. The largest absolute Gasteiger partial charge is 0.486 e. The molecule has 6 heteroatoms. The molecule has 1 aliphatic rings. The number of carbonyl (C=O) groups is 1. The van der Waals surface area contributed by atoms with Gasteiger partial charge in [-0.25, -0.2) is 0 Å². The Morgan fingerprint density at radius 2 is 2.00 bits per heavy atom. The quantitative estimate of drug-likeness (QED) is 0.854. The standard InChI is InChI=1S/C17H15BrClNO3/c18-13-4-2-1-3-11(13)5-6-20-17(21)12-9-14(19)16-15(10-12)22-7-8-23-16/h1-4,9-10H,5-8H2,(H,20,21). The van der Waals surface area contributed by atoms with E-state index in [1.54, 1.807) is 12.1 Å². The second-order valence-electron chi connectivity index (χ2n) is 5.08. The first-order chi connectivity index (χ1) is 11.1. The highest BCUT2D eigenvalue weighted by molar-refractivity contribution is 9.10. The van der Waals surface area contributed by atoms with Crippen molar-refractivity contribution in [3.8, 4) is 11.5 Å². The van der Waals surface area contributed by atoms with E-state index in [9.17, 15) is 4.79 Å². The van der Waals surface area contributed by atoms with Gasteiger partial charge in [0.2, 0.25) is 0 Å². The molecule has 0 spiro atoms. The molecule has 1 N–H and O–H groups in total. The lowest BCUT2D eigenvalue weighted by molar-refractivity contribution is 0.0953. The number of hydrogen-bond acceptors (Lipinski definition) is 3. The van der Waals surface area contributed by atoms with Crippen molar-refractivity contribution in [1.82, 2.24) is 5.32 Å². The van der Waals surface area contributed by atoms with Crippen LogP contribution < -0.4 is 14.8 Å². The Bertz CT molecular complexity index is 736. The van der Waals surface area contributed by atoms with Gasteiger partial charge in [-0.1, -0.05) is 45.7 Å². The van der Waals surface area contributed by atoms with Crippen molar-refractivity contribution in [3.05, 3.63) is 57.0 Å². The highest BCUT2D eigenvalue weighted by Gasteiger charge is 2.19. The van der Waals surface area contributed by atoms with E-state index in [0.29, 0.717) is 41.8 Å². The third-order valence-corrected chi connectivity index (χ3v) is 4.55. The molecule has 2 aromatic carbocycles. The van der Waals surface area contributed by atoms with E-state index in [-0.39, 0.29) is 5.91 Å². The molecule has 0 radical (unpaired) electrons. The first-order valence-electron chi connectivity index (χ1n) is 7.26. The Labute approximate surface area is 147 Å². The molecule has 0 saturated heterocycles. The van der Waals surface area contributed by atoms with Gasteiger partial charge in [-0.2, -0.15) is 0 Å². The molecular weight excluding hydrogens is 382 g/mol. The summed E-state index contributed by atoms with van der Waals surface area (Å²) in [4.78, 5) is 12.3. The molecule has 1 aliphatic heterocycles. The predicted octanol–water partition coefficient (Wildman–Crippen LogP) is 3.85. The molecule has 3 rings (SSSR count). The van der Waals surface area contributed by atoms with E-state index in [2.05, 4.69) is 21.2 Å². The third kappa shape index (κ3) is 3.79. The first kappa shape index (κ1) is 16.1. The number of fused-ring (bicyclic) bond motifs is 1. The lowest BCUT2D eigenvalue weighted by Crippen LogP contribution is -2.26. The monoisotopic (exact) mass is 395 g/mol. The molecule has 0 aliphatic carbocycles. The summed E-state index contributed by atoms with van der Waals surface area (Å²) in [5.41, 5.74) is 1.61. The number of ether oxygens (including phenoxy) is 2. The number of benzene rings is 2. The minimum absolute atomic E-state index is 0.184. The van der Waals surface area contributed by atoms with Gasteiger partial charge in [-0.15, -0.1) is 0 Å². The summed E-state index contributed by atoms with van der Waals surface area (Å²) >= 11 is 9.65. The number of rotatable bonds is 4. The molecule has 0 bridgehead atoms. The van der Waals surface area contributed by atoms with Crippen LogP contribution in [-0.2, 0) is 6.42 Å². The van der Waals surface area contributed by atoms with Gasteiger partial charge in [0, 0.05) is 16.6 Å². The van der Waals surface area contributed by atoms with Crippen LogP contribution in [0.25, 0.3) is 0 Å². The van der Waals surface area contributed by atoms with Crippen molar-refractivity contribution in [3.63, 3.8) is 0 Å². The van der Waals surface area contributed by atoms with Crippen LogP contribution in [0, 0.1) is 0 Å². The fraction of sp³-hybridized carbons (Fsp3) is 0.235. The minimum Gasteiger partial charge on any atom is -0.486 e. The molecule has 120 valence electrons. The lowest BCUT2D eigenvalue weighted by Gasteiger charge is -2.20. The van der Waals surface area contributed by atoms with E-state index in [0.717, 1.165) is 16.5 Å². The maximum Gasteiger partial charge on any atom is 0.251 e. The van der Waals surface area contributed by atoms with Crippen LogP contribution in [0.5, 0.6) is 11.5 Å². The number of amides is 1. The molecule has 2 aromatic rings. The third-order valence-electron chi connectivity index (χ3n) is 3.50. The van der Waals surface area contributed by atoms with Crippen LogP contribution in [0.2, 0.25) is 5.02 Å². The average Bonchev–Trinajstić information content (AvgIpc) is 2.56. The molecule has 0 atom stereocenters. The zero-order valence-corrected chi connectivity index (χ0v) is 14.6. The Morgan fingerprint density at radius 1 is 1.22 bits per heavy atom. The normalized spacial score (nSPS) is 12.8. The fourth-order valence-corrected chi connectivity index (χ4v) is 3.10. The van der Waals surface area contributed by atoms with E-state index in [4.69, 9.17) is 21.1 Å². The zero-order valence-electron chi connectivity index (χ0n) is 12.3. The van der Waals surface area contributed by atoms with Gasteiger partial charge >= 0.3 is 0 Å². The van der Waals surface area contributed by atoms with E-state index >= 15 is 0 Å². The second kappa shape index (κ2) is 7.23. The average molecular weight is 397 g/mol. The van der Waals surface area contributed by atoms with Crippen LogP contribution in [0.15, 0.2) is 40.9 Å². The maximum absolute atomic E-state index is 12.3. The molecule has 1 amide bonds. The molecule has 23 heavy (non-hydrogen) atoms. The van der Waals surface area contributed by atoms with Gasteiger partial charge in [-0.3, -0.25) is 4.79 Å². The van der Waals surface area contributed by atoms with Crippen molar-refractivity contribution in [1.29, 1.82) is 0 Å². The Hall–Kier alpha value is -1.72. The summed E-state index contributed by atoms with van der Waals surface area (Å²) in [7, 11) is 0. The van der Waals surface area contributed by atoms with Gasteiger partial charge < -0.3 is 14.8 Å². The molecule has 0 saturated carbocycles. The first-order valence-corrected chi connectivity index (χ1v) is 8.43. The molecule has 0 fully saturated rings. The summed E-state index contributed by atoms with van der Waals surface area (Å²) in [6, 6.07) is 11.2. The van der Waals surface area contributed by atoms with Gasteiger partial charge in [-0.05, 0) is 30.2 Å². The second-order valence-corrected chi connectivity index (χ2v) is 6.34. The summed E-state index contributed by atoms with van der Waals surface area (Å²) in [5.74, 6) is 0.832. The fourth-order valence-electron chi connectivity index (χ4n) is 2.36. The summed E-state index contributed by atoms with van der Waals surface area (Å²) in [6.07, 6.45) is 0.742. The van der Waals surface area contributed by atoms with Crippen molar-refractivity contribution < 1.29 is 14.3 Å². The summed E-state index contributed by atoms with van der Waals surface area (Å²) < 4.78 is 12.0. The Morgan fingerprint density at radius 3 is 2.83 bits per heavy atom. The van der Waals surface area contributed by atoms with Crippen molar-refractivity contribution in [2.75, 3.05) is 19.8 Å². The van der Waals surface area contributed by atoms with Crippen molar-refractivity contribution >= 4 is 33.4 Å². The smallest absolute Gasteiger partial charge is 0.251 e. The van der Waals surface area contributed by atoms with Gasteiger partial charge in [0.15, 0.2) is 11.5 Å². The van der Waals surface area contributed by atoms with Crippen molar-refractivity contribution in [2.24, 2.45) is 0 Å². The SMILES string of the molecule is O=C(NCCc1ccccc1Br)c1cc(Cl)c2c(c1)OCCO2. The molecule has 0 unspecified atom stereocenters. The number of hydrogen-bond donors (Lipinski definition) is 1. The number of carbonyl (C=O) groups excluding carboxylic acids is 1. The van der Waals surface area contributed by atoms with Crippen LogP contribution >= 0.6 is 27.5 Å². The Balaban J connectivity index is 1.64. The maximum atomic E-state index is 12.3. The molecule has 1 heterocycles. The van der Waals surface area contributed by atoms with Gasteiger partial charge in [0.1, 0.15) is 13.2 Å². The zero-order chi connectivity index (χ0) is 16.2. The Kier molecular flexibility index (Phi) is 5.08. The number of nitrogens with one attached hydrogen (secondary N) is 1. The van der Waals surface area contributed by atoms with Crippen LogP contribution in [0.4, 0.5) is 0 Å². The molecular formula is C17H15BrClNO3. The highest BCUT2D eigenvalue weighted by Crippen LogP contribution is 2.38. The van der Waals surface area contributed by atoms with Crippen LogP contribution in [-0.4, -0.2) is 25.7 Å². The van der Waals surface area contributed by atoms with Crippen molar-refractivity contribution in [2.45, 2.75) is 6.42 Å². The molecule has 0 aromatic heterocycles. The predicted molar refractivity (Wildman–Crippen MR) is 92.6 cm³/mol. The van der Waals surface area contributed by atoms with Crippen LogP contribution in [0.3, 0.4) is 0 Å². The minimum atomic E-state index is -0.184. The van der Waals surface area contributed by atoms with Crippen LogP contribution in [0.1, 0.15) is 15.9 Å². The van der Waals surface area contributed by atoms with E-state index < -0.39 is 0 Å². The number of halogens is 2. The molecule has 4 nitrogen and oxygen atoms in total. The summed E-state index contributed by atoms with van der Waals surface area (Å²) in [6.45, 7) is 1.45. The van der Waals surface area contributed by atoms with E-state index in [1.807, 2.05) is 24.3 Å². The van der Waals surface area contributed by atoms with E-state index in [1.165, 1.54) is 0 Å². The van der Waals surface area contributed by atoms with Gasteiger partial charge in [0.25, 0.3) is 5.91 Å².